The Kier molecular flexibility index (Phi) is 5.78. The number of benzene rings is 1. The summed E-state index contributed by atoms with van der Waals surface area (Å²) >= 11 is 12.1. The zero-order chi connectivity index (χ0) is 21.1. The Morgan fingerprint density at radius 2 is 1.90 bits per heavy atom. The van der Waals surface area contributed by atoms with E-state index in [0.29, 0.717) is 50.1 Å². The number of methoxy groups -OCH3 is 1. The van der Waals surface area contributed by atoms with Gasteiger partial charge in [0.05, 0.1) is 25.2 Å². The molecule has 0 unspecified atom stereocenters. The van der Waals surface area contributed by atoms with Crippen LogP contribution in [-0.2, 0) is 6.61 Å². The van der Waals surface area contributed by atoms with Crippen molar-refractivity contribution in [3.8, 4) is 34.1 Å². The van der Waals surface area contributed by atoms with E-state index in [1.54, 1.807) is 37.6 Å². The highest BCUT2D eigenvalue weighted by Gasteiger charge is 2.17. The van der Waals surface area contributed by atoms with Gasteiger partial charge in [0.15, 0.2) is 0 Å². The summed E-state index contributed by atoms with van der Waals surface area (Å²) in [6, 6.07) is 8.10. The van der Waals surface area contributed by atoms with Crippen LogP contribution < -0.4 is 9.47 Å². The summed E-state index contributed by atoms with van der Waals surface area (Å²) in [7, 11) is 1.54. The van der Waals surface area contributed by atoms with Gasteiger partial charge in [-0.15, -0.1) is 0 Å². The number of halogens is 3. The van der Waals surface area contributed by atoms with Gasteiger partial charge in [-0.2, -0.15) is 4.39 Å². The number of H-pyrrole nitrogens is 1. The maximum atomic E-state index is 13.1. The normalized spacial score (nSPS) is 10.8. The van der Waals surface area contributed by atoms with Crippen LogP contribution in [-0.4, -0.2) is 32.0 Å². The number of hydrogen-bond acceptors (Lipinski definition) is 6. The fourth-order valence-corrected chi connectivity index (χ4v) is 3.04. The van der Waals surface area contributed by atoms with Gasteiger partial charge in [0.25, 0.3) is 0 Å². The molecule has 30 heavy (non-hydrogen) atoms. The third kappa shape index (κ3) is 4.34. The van der Waals surface area contributed by atoms with Crippen LogP contribution in [0.15, 0.2) is 48.9 Å². The van der Waals surface area contributed by atoms with E-state index in [1.165, 1.54) is 18.5 Å². The molecule has 0 saturated heterocycles. The average Bonchev–Trinajstić information content (AvgIpc) is 3.15. The molecule has 10 heteroatoms. The molecule has 152 valence electrons. The summed E-state index contributed by atoms with van der Waals surface area (Å²) in [6.45, 7) is 0.220. The molecule has 3 aromatic heterocycles. The highest BCUT2D eigenvalue weighted by molar-refractivity contribution is 6.32. The van der Waals surface area contributed by atoms with E-state index < -0.39 is 5.95 Å². The van der Waals surface area contributed by atoms with Crippen LogP contribution in [0.5, 0.6) is 11.5 Å². The number of hydrogen-bond donors (Lipinski definition) is 1. The van der Waals surface area contributed by atoms with Crippen molar-refractivity contribution in [3.05, 3.63) is 70.9 Å². The molecule has 7 nitrogen and oxygen atoms in total. The van der Waals surface area contributed by atoms with Gasteiger partial charge in [0.2, 0.25) is 5.95 Å². The molecule has 1 aromatic carbocycles. The highest BCUT2D eigenvalue weighted by Crippen LogP contribution is 2.37. The van der Waals surface area contributed by atoms with Crippen molar-refractivity contribution in [3.63, 3.8) is 0 Å². The van der Waals surface area contributed by atoms with Crippen molar-refractivity contribution < 1.29 is 13.9 Å². The highest BCUT2D eigenvalue weighted by atomic mass is 35.5. The summed E-state index contributed by atoms with van der Waals surface area (Å²) in [6.07, 6.45) is 4.38. The van der Waals surface area contributed by atoms with Gasteiger partial charge in [-0.1, -0.05) is 23.2 Å². The van der Waals surface area contributed by atoms with E-state index in [-0.39, 0.29) is 6.61 Å². The van der Waals surface area contributed by atoms with Crippen LogP contribution in [0, 0.1) is 5.95 Å². The number of imidazole rings is 1. The molecule has 0 fully saturated rings. The molecule has 1 N–H and O–H groups in total. The SMILES string of the molecule is COc1cc(OCc2cnc(Cl)cn2)ccc1-c1nc(-c2ccc(F)nc2)[nH]c1Cl. The molecule has 4 rings (SSSR count). The Bertz CT molecular complexity index is 1170. The van der Waals surface area contributed by atoms with Gasteiger partial charge in [-0.3, -0.25) is 4.98 Å². The topological polar surface area (TPSA) is 85.8 Å². The van der Waals surface area contributed by atoms with Crippen LogP contribution in [0.25, 0.3) is 22.6 Å². The van der Waals surface area contributed by atoms with Gasteiger partial charge < -0.3 is 14.5 Å². The lowest BCUT2D eigenvalue weighted by molar-refractivity contribution is 0.298. The van der Waals surface area contributed by atoms with Crippen molar-refractivity contribution in [1.82, 2.24) is 24.9 Å². The van der Waals surface area contributed by atoms with Crippen LogP contribution in [0.4, 0.5) is 4.39 Å². The quantitative estimate of drug-likeness (QED) is 0.422. The number of aromatic nitrogens is 5. The van der Waals surface area contributed by atoms with Crippen molar-refractivity contribution in [2.75, 3.05) is 7.11 Å². The van der Waals surface area contributed by atoms with Crippen molar-refractivity contribution in [2.45, 2.75) is 6.61 Å². The van der Waals surface area contributed by atoms with Crippen LogP contribution >= 0.6 is 23.2 Å². The standard InChI is InChI=1S/C20H14Cl2FN5O2/c1-29-15-6-13(30-10-12-8-25-16(21)9-24-12)3-4-14(15)18-19(22)28-20(27-18)11-2-5-17(23)26-7-11/h2-9H,10H2,1H3,(H,27,28). The Morgan fingerprint density at radius 1 is 1.03 bits per heavy atom. The predicted molar refractivity (Wildman–Crippen MR) is 110 cm³/mol. The van der Waals surface area contributed by atoms with E-state index >= 15 is 0 Å². The lowest BCUT2D eigenvalue weighted by atomic mass is 10.1. The lowest BCUT2D eigenvalue weighted by Gasteiger charge is -2.11. The molecule has 0 bridgehead atoms. The first-order chi connectivity index (χ1) is 14.5. The summed E-state index contributed by atoms with van der Waals surface area (Å²) in [5, 5.41) is 0.633. The number of aromatic amines is 1. The van der Waals surface area contributed by atoms with Crippen LogP contribution in [0.2, 0.25) is 10.3 Å². The summed E-state index contributed by atoms with van der Waals surface area (Å²) in [5.74, 6) is 0.985. The largest absolute Gasteiger partial charge is 0.496 e. The summed E-state index contributed by atoms with van der Waals surface area (Å²) < 4.78 is 24.3. The average molecular weight is 446 g/mol. The number of nitrogens with zero attached hydrogens (tertiary/aromatic N) is 4. The minimum absolute atomic E-state index is 0.220. The molecular weight excluding hydrogens is 432 g/mol. The Labute approximate surface area is 180 Å². The smallest absolute Gasteiger partial charge is 0.212 e. The van der Waals surface area contributed by atoms with Crippen molar-refractivity contribution in [1.29, 1.82) is 0 Å². The molecule has 0 saturated carbocycles. The van der Waals surface area contributed by atoms with Gasteiger partial charge in [0.1, 0.15) is 39.9 Å². The van der Waals surface area contributed by atoms with Crippen LogP contribution in [0.1, 0.15) is 5.69 Å². The van der Waals surface area contributed by atoms with Gasteiger partial charge in [-0.05, 0) is 24.3 Å². The zero-order valence-corrected chi connectivity index (χ0v) is 17.1. The molecule has 0 atom stereocenters. The molecule has 0 spiro atoms. The van der Waals surface area contributed by atoms with E-state index in [4.69, 9.17) is 32.7 Å². The molecule has 0 aliphatic heterocycles. The maximum Gasteiger partial charge on any atom is 0.212 e. The maximum absolute atomic E-state index is 13.1. The third-order valence-electron chi connectivity index (χ3n) is 4.15. The van der Waals surface area contributed by atoms with Crippen LogP contribution in [0.3, 0.4) is 0 Å². The molecule has 4 aromatic rings. The van der Waals surface area contributed by atoms with Gasteiger partial charge in [0, 0.05) is 23.4 Å². The van der Waals surface area contributed by atoms with E-state index in [1.807, 2.05) is 0 Å². The minimum atomic E-state index is -0.571. The van der Waals surface area contributed by atoms with E-state index in [0.717, 1.165) is 0 Å². The van der Waals surface area contributed by atoms with Crippen molar-refractivity contribution >= 4 is 23.2 Å². The van der Waals surface area contributed by atoms with Crippen molar-refractivity contribution in [2.24, 2.45) is 0 Å². The number of ether oxygens (including phenoxy) is 2. The van der Waals surface area contributed by atoms with E-state index in [9.17, 15) is 4.39 Å². The molecule has 3 heterocycles. The summed E-state index contributed by atoms with van der Waals surface area (Å²) in [4.78, 5) is 19.2. The Balaban J connectivity index is 1.58. The first kappa shape index (κ1) is 20.1. The number of rotatable bonds is 6. The lowest BCUT2D eigenvalue weighted by Crippen LogP contribution is -1.99. The Morgan fingerprint density at radius 3 is 2.60 bits per heavy atom. The first-order valence-electron chi connectivity index (χ1n) is 8.68. The first-order valence-corrected chi connectivity index (χ1v) is 9.44. The zero-order valence-electron chi connectivity index (χ0n) is 15.6. The van der Waals surface area contributed by atoms with Gasteiger partial charge in [-0.25, -0.2) is 15.0 Å². The predicted octanol–water partition coefficient (Wildman–Crippen LogP) is 4.96. The fourth-order valence-electron chi connectivity index (χ4n) is 2.71. The molecule has 0 amide bonds. The number of pyridine rings is 1. The Hall–Kier alpha value is -3.23. The summed E-state index contributed by atoms with van der Waals surface area (Å²) in [5.41, 5.74) is 2.39. The second-order valence-electron chi connectivity index (χ2n) is 6.10. The number of nitrogens with one attached hydrogen (secondary N) is 1. The molecule has 0 aliphatic carbocycles. The second-order valence-corrected chi connectivity index (χ2v) is 6.86. The fraction of sp³-hybridized carbons (Fsp3) is 0.100. The molecule has 0 radical (unpaired) electrons. The van der Waals surface area contributed by atoms with E-state index in [2.05, 4.69) is 24.9 Å². The third-order valence-corrected chi connectivity index (χ3v) is 4.62. The second kappa shape index (κ2) is 8.64. The monoisotopic (exact) mass is 445 g/mol. The molecular formula is C20H14Cl2FN5O2. The van der Waals surface area contributed by atoms with Gasteiger partial charge >= 0.3 is 0 Å². The molecule has 0 aliphatic rings. The minimum Gasteiger partial charge on any atom is -0.496 e.